The van der Waals surface area contributed by atoms with E-state index < -0.39 is 0 Å². The highest BCUT2D eigenvalue weighted by atomic mass is 16.5. The van der Waals surface area contributed by atoms with Gasteiger partial charge in [-0.2, -0.15) is 0 Å². The third-order valence-electron chi connectivity index (χ3n) is 6.61. The first-order chi connectivity index (χ1) is 10.9. The third-order valence-corrected chi connectivity index (χ3v) is 6.61. The largest absolute Gasteiger partial charge is 0.375 e. The van der Waals surface area contributed by atoms with E-state index in [2.05, 4.69) is 46.4 Å². The van der Waals surface area contributed by atoms with Crippen molar-refractivity contribution >= 4 is 0 Å². The van der Waals surface area contributed by atoms with Crippen LogP contribution in [0.25, 0.3) is 0 Å². The number of piperidine rings is 1. The van der Waals surface area contributed by atoms with Gasteiger partial charge in [-0.1, -0.05) is 20.3 Å². The lowest BCUT2D eigenvalue weighted by Crippen LogP contribution is -2.51. The summed E-state index contributed by atoms with van der Waals surface area (Å²) in [6.45, 7) is 15.3. The second kappa shape index (κ2) is 8.85. The van der Waals surface area contributed by atoms with Crippen LogP contribution in [-0.2, 0) is 4.74 Å². The lowest BCUT2D eigenvalue weighted by Gasteiger charge is -2.45. The minimum absolute atomic E-state index is 0.363. The van der Waals surface area contributed by atoms with Crippen molar-refractivity contribution in [2.75, 3.05) is 6.54 Å². The predicted octanol–water partition coefficient (Wildman–Crippen LogP) is 5.51. The highest BCUT2D eigenvalue weighted by Gasteiger charge is 2.34. The van der Waals surface area contributed by atoms with E-state index in [0.717, 1.165) is 17.8 Å². The van der Waals surface area contributed by atoms with Gasteiger partial charge in [-0.25, -0.2) is 0 Å². The normalized spacial score (nSPS) is 38.0. The van der Waals surface area contributed by atoms with E-state index in [-0.39, 0.29) is 0 Å². The Kier molecular flexibility index (Phi) is 7.41. The van der Waals surface area contributed by atoms with Gasteiger partial charge in [0.25, 0.3) is 0 Å². The highest BCUT2D eigenvalue weighted by Crippen LogP contribution is 2.36. The molecule has 0 bridgehead atoms. The molecule has 0 aromatic rings. The Labute approximate surface area is 145 Å². The molecule has 2 aliphatic rings. The van der Waals surface area contributed by atoms with Gasteiger partial charge in [-0.15, -0.1) is 0 Å². The van der Waals surface area contributed by atoms with Crippen molar-refractivity contribution in [1.82, 2.24) is 4.90 Å². The van der Waals surface area contributed by atoms with E-state index in [0.29, 0.717) is 24.3 Å². The summed E-state index contributed by atoms with van der Waals surface area (Å²) in [6, 6.07) is 1.35. The Hall–Kier alpha value is -0.0800. The van der Waals surface area contributed by atoms with Crippen LogP contribution in [0.15, 0.2) is 0 Å². The standard InChI is InChI=1S/C21H41NO/c1-7-16(4)20-10-8-19(9-11-20)14-22-17(5)12-21(13-18(22)6)23-15(2)3/h15-21H,7-14H2,1-6H3. The van der Waals surface area contributed by atoms with E-state index in [4.69, 9.17) is 4.74 Å². The van der Waals surface area contributed by atoms with E-state index in [1.54, 1.807) is 0 Å². The quantitative estimate of drug-likeness (QED) is 0.639. The molecule has 2 nitrogen and oxygen atoms in total. The van der Waals surface area contributed by atoms with Crippen molar-refractivity contribution in [3.8, 4) is 0 Å². The minimum atomic E-state index is 0.363. The van der Waals surface area contributed by atoms with Crippen LogP contribution in [0.5, 0.6) is 0 Å². The van der Waals surface area contributed by atoms with E-state index in [1.165, 1.54) is 51.5 Å². The fourth-order valence-corrected chi connectivity index (χ4v) is 4.99. The lowest BCUT2D eigenvalue weighted by molar-refractivity contribution is -0.0634. The van der Waals surface area contributed by atoms with Crippen LogP contribution in [0.4, 0.5) is 0 Å². The van der Waals surface area contributed by atoms with Gasteiger partial charge in [0, 0.05) is 18.6 Å². The van der Waals surface area contributed by atoms with Crippen LogP contribution in [0, 0.1) is 17.8 Å². The fourth-order valence-electron chi connectivity index (χ4n) is 4.99. The Morgan fingerprint density at radius 3 is 2.00 bits per heavy atom. The van der Waals surface area contributed by atoms with Gasteiger partial charge in [0.05, 0.1) is 12.2 Å². The molecule has 2 rings (SSSR count). The SMILES string of the molecule is CCC(C)C1CCC(CN2C(C)CC(OC(C)C)CC2C)CC1. The summed E-state index contributed by atoms with van der Waals surface area (Å²) in [5.74, 6) is 2.86. The first-order valence-corrected chi connectivity index (χ1v) is 10.3. The van der Waals surface area contributed by atoms with Crippen LogP contribution in [0.2, 0.25) is 0 Å². The van der Waals surface area contributed by atoms with Crippen LogP contribution in [-0.4, -0.2) is 35.7 Å². The van der Waals surface area contributed by atoms with Gasteiger partial charge in [-0.3, -0.25) is 4.90 Å². The van der Waals surface area contributed by atoms with Gasteiger partial charge in [-0.05, 0) is 84.0 Å². The van der Waals surface area contributed by atoms with Crippen molar-refractivity contribution in [2.45, 2.75) is 111 Å². The smallest absolute Gasteiger partial charge is 0.0608 e. The van der Waals surface area contributed by atoms with E-state index in [1.807, 2.05) is 0 Å². The monoisotopic (exact) mass is 323 g/mol. The molecule has 3 atom stereocenters. The molecule has 1 aliphatic heterocycles. The maximum atomic E-state index is 6.10. The molecule has 3 unspecified atom stereocenters. The molecular formula is C21H41NO. The molecule has 136 valence electrons. The summed E-state index contributed by atoms with van der Waals surface area (Å²) in [5, 5.41) is 0. The zero-order chi connectivity index (χ0) is 17.0. The minimum Gasteiger partial charge on any atom is -0.375 e. The molecule has 0 radical (unpaired) electrons. The van der Waals surface area contributed by atoms with Crippen LogP contribution in [0.3, 0.4) is 0 Å². The molecule has 0 amide bonds. The van der Waals surface area contributed by atoms with Crippen LogP contribution >= 0.6 is 0 Å². The van der Waals surface area contributed by atoms with Gasteiger partial charge in [0.2, 0.25) is 0 Å². The lowest BCUT2D eigenvalue weighted by atomic mass is 9.75. The summed E-state index contributed by atoms with van der Waals surface area (Å²) in [6.07, 6.45) is 10.5. The number of likely N-dealkylation sites (tertiary alicyclic amines) is 1. The Morgan fingerprint density at radius 1 is 0.957 bits per heavy atom. The molecule has 1 heterocycles. The Balaban J connectivity index is 1.80. The number of rotatable bonds is 6. The molecule has 23 heavy (non-hydrogen) atoms. The van der Waals surface area contributed by atoms with Crippen LogP contribution in [0.1, 0.15) is 86.5 Å². The van der Waals surface area contributed by atoms with Crippen LogP contribution < -0.4 is 0 Å². The van der Waals surface area contributed by atoms with Gasteiger partial charge >= 0.3 is 0 Å². The molecule has 0 aromatic heterocycles. The first-order valence-electron chi connectivity index (χ1n) is 10.3. The maximum Gasteiger partial charge on any atom is 0.0608 e. The zero-order valence-electron chi connectivity index (χ0n) is 16.6. The van der Waals surface area contributed by atoms with Crippen molar-refractivity contribution < 1.29 is 4.74 Å². The fraction of sp³-hybridized carbons (Fsp3) is 1.00. The summed E-state index contributed by atoms with van der Waals surface area (Å²) in [7, 11) is 0. The second-order valence-electron chi connectivity index (χ2n) is 8.84. The molecule has 0 aromatic carbocycles. The van der Waals surface area contributed by atoms with Gasteiger partial charge < -0.3 is 4.74 Å². The van der Waals surface area contributed by atoms with Crippen molar-refractivity contribution in [3.05, 3.63) is 0 Å². The summed E-state index contributed by atoms with van der Waals surface area (Å²) in [4.78, 5) is 2.79. The zero-order valence-corrected chi connectivity index (χ0v) is 16.6. The molecule has 1 saturated heterocycles. The molecular weight excluding hydrogens is 282 g/mol. The molecule has 0 spiro atoms. The highest BCUT2D eigenvalue weighted by molar-refractivity contribution is 4.88. The topological polar surface area (TPSA) is 12.5 Å². The van der Waals surface area contributed by atoms with Crippen molar-refractivity contribution in [3.63, 3.8) is 0 Å². The number of hydrogen-bond donors (Lipinski definition) is 0. The summed E-state index contributed by atoms with van der Waals surface area (Å²) < 4.78 is 6.10. The first kappa shape index (κ1) is 19.2. The van der Waals surface area contributed by atoms with Crippen molar-refractivity contribution in [2.24, 2.45) is 17.8 Å². The summed E-state index contributed by atoms with van der Waals surface area (Å²) in [5.41, 5.74) is 0. The van der Waals surface area contributed by atoms with E-state index in [9.17, 15) is 0 Å². The van der Waals surface area contributed by atoms with Gasteiger partial charge in [0.15, 0.2) is 0 Å². The Morgan fingerprint density at radius 2 is 1.52 bits per heavy atom. The number of nitrogens with zero attached hydrogens (tertiary/aromatic N) is 1. The average molecular weight is 324 g/mol. The second-order valence-corrected chi connectivity index (χ2v) is 8.84. The molecule has 2 fully saturated rings. The molecule has 0 N–H and O–H groups in total. The summed E-state index contributed by atoms with van der Waals surface area (Å²) >= 11 is 0. The van der Waals surface area contributed by atoms with Crippen molar-refractivity contribution in [1.29, 1.82) is 0 Å². The predicted molar refractivity (Wildman–Crippen MR) is 99.8 cm³/mol. The van der Waals surface area contributed by atoms with E-state index >= 15 is 0 Å². The number of hydrogen-bond acceptors (Lipinski definition) is 2. The van der Waals surface area contributed by atoms with Gasteiger partial charge in [0.1, 0.15) is 0 Å². The Bertz CT molecular complexity index is 323. The molecule has 1 saturated carbocycles. The molecule has 1 aliphatic carbocycles. The average Bonchev–Trinajstić information content (AvgIpc) is 2.50. The third kappa shape index (κ3) is 5.46. The maximum absolute atomic E-state index is 6.10. The molecule has 2 heteroatoms. The number of ether oxygens (including phenoxy) is 1.